The van der Waals surface area contributed by atoms with Gasteiger partial charge in [-0.15, -0.1) is 0 Å². The second-order valence-corrected chi connectivity index (χ2v) is 7.25. The molecule has 1 aliphatic heterocycles. The number of carbonyl (C=O) groups is 4. The third-order valence-electron chi connectivity index (χ3n) is 4.92. The van der Waals surface area contributed by atoms with Crippen molar-refractivity contribution in [3.8, 4) is 0 Å². The van der Waals surface area contributed by atoms with Crippen LogP contribution in [0.15, 0.2) is 59.8 Å². The summed E-state index contributed by atoms with van der Waals surface area (Å²) in [7, 11) is 0. The van der Waals surface area contributed by atoms with Gasteiger partial charge in [-0.1, -0.05) is 48.0 Å². The quantitative estimate of drug-likeness (QED) is 0.510. The Balaban J connectivity index is 1.84. The minimum Gasteiger partial charge on any atom is -0.463 e. The topological polar surface area (TPSA) is 111 Å². The SMILES string of the molecule is CCOC(=O)C1=C(COC(=O)c2ccccc2C(=O)c2ccc(C)cc2)NC(=O)N[C@@H]1C. The van der Waals surface area contributed by atoms with Gasteiger partial charge in [0.15, 0.2) is 5.78 Å². The summed E-state index contributed by atoms with van der Waals surface area (Å²) in [6.07, 6.45) is 0. The van der Waals surface area contributed by atoms with Gasteiger partial charge in [-0.25, -0.2) is 14.4 Å². The van der Waals surface area contributed by atoms with E-state index in [0.717, 1.165) is 5.56 Å². The number of hydrogen-bond acceptors (Lipinski definition) is 6. The zero-order valence-corrected chi connectivity index (χ0v) is 18.1. The van der Waals surface area contributed by atoms with E-state index in [1.807, 2.05) is 19.1 Å². The van der Waals surface area contributed by atoms with Crippen molar-refractivity contribution < 1.29 is 28.7 Å². The van der Waals surface area contributed by atoms with Crippen molar-refractivity contribution >= 4 is 23.8 Å². The van der Waals surface area contributed by atoms with Gasteiger partial charge in [-0.05, 0) is 26.8 Å². The van der Waals surface area contributed by atoms with Crippen LogP contribution in [0.1, 0.15) is 45.7 Å². The molecule has 0 bridgehead atoms. The highest BCUT2D eigenvalue weighted by Crippen LogP contribution is 2.19. The number of esters is 2. The lowest BCUT2D eigenvalue weighted by Crippen LogP contribution is -2.50. The Kier molecular flexibility index (Phi) is 7.04. The minimum atomic E-state index is -0.753. The standard InChI is InChI=1S/C24H24N2O6/c1-4-31-23(29)20-15(3)25-24(30)26-19(20)13-32-22(28)18-8-6-5-7-17(18)21(27)16-11-9-14(2)10-12-16/h5-12,15H,4,13H2,1-3H3,(H2,25,26,30)/t15-/m1/s1. The van der Waals surface area contributed by atoms with Gasteiger partial charge in [0.05, 0.1) is 29.5 Å². The third kappa shape index (κ3) is 5.03. The number of hydrogen-bond donors (Lipinski definition) is 2. The van der Waals surface area contributed by atoms with Crippen LogP contribution in [0, 0.1) is 6.92 Å². The maximum atomic E-state index is 12.9. The minimum absolute atomic E-state index is 0.0877. The van der Waals surface area contributed by atoms with Gasteiger partial charge >= 0.3 is 18.0 Å². The average Bonchev–Trinajstić information content (AvgIpc) is 2.77. The molecular weight excluding hydrogens is 412 g/mol. The van der Waals surface area contributed by atoms with Crippen LogP contribution in [-0.4, -0.2) is 43.0 Å². The molecule has 2 amide bonds. The van der Waals surface area contributed by atoms with Crippen molar-refractivity contribution in [3.05, 3.63) is 82.1 Å². The van der Waals surface area contributed by atoms with Gasteiger partial charge in [-0.2, -0.15) is 0 Å². The molecule has 0 aliphatic carbocycles. The van der Waals surface area contributed by atoms with E-state index in [9.17, 15) is 19.2 Å². The maximum Gasteiger partial charge on any atom is 0.339 e. The number of ketones is 1. The number of rotatable bonds is 7. The van der Waals surface area contributed by atoms with Crippen molar-refractivity contribution in [1.82, 2.24) is 10.6 Å². The van der Waals surface area contributed by atoms with Gasteiger partial charge < -0.3 is 20.1 Å². The first-order valence-corrected chi connectivity index (χ1v) is 10.2. The molecule has 0 fully saturated rings. The van der Waals surface area contributed by atoms with Gasteiger partial charge in [0.1, 0.15) is 6.61 Å². The van der Waals surface area contributed by atoms with E-state index < -0.39 is 24.0 Å². The highest BCUT2D eigenvalue weighted by Gasteiger charge is 2.30. The lowest BCUT2D eigenvalue weighted by atomic mass is 9.98. The highest BCUT2D eigenvalue weighted by atomic mass is 16.5. The van der Waals surface area contributed by atoms with Crippen molar-refractivity contribution in [2.45, 2.75) is 26.8 Å². The fourth-order valence-corrected chi connectivity index (χ4v) is 3.33. The van der Waals surface area contributed by atoms with Crippen LogP contribution in [0.5, 0.6) is 0 Å². The van der Waals surface area contributed by atoms with E-state index in [0.29, 0.717) is 5.56 Å². The molecule has 2 N–H and O–H groups in total. The molecule has 0 unspecified atom stereocenters. The van der Waals surface area contributed by atoms with Crippen LogP contribution in [-0.2, 0) is 14.3 Å². The molecule has 3 rings (SSSR count). The van der Waals surface area contributed by atoms with Crippen molar-refractivity contribution in [2.24, 2.45) is 0 Å². The van der Waals surface area contributed by atoms with Crippen LogP contribution in [0.25, 0.3) is 0 Å². The Labute approximate surface area is 185 Å². The summed E-state index contributed by atoms with van der Waals surface area (Å²) in [6.45, 7) is 5.00. The van der Waals surface area contributed by atoms with Gasteiger partial charge in [0.2, 0.25) is 0 Å². The molecule has 32 heavy (non-hydrogen) atoms. The van der Waals surface area contributed by atoms with Crippen molar-refractivity contribution in [3.63, 3.8) is 0 Å². The normalized spacial score (nSPS) is 15.5. The number of ether oxygens (including phenoxy) is 2. The molecule has 0 saturated carbocycles. The van der Waals surface area contributed by atoms with E-state index in [-0.39, 0.29) is 41.4 Å². The van der Waals surface area contributed by atoms with Crippen LogP contribution < -0.4 is 10.6 Å². The Hall–Kier alpha value is -3.94. The predicted octanol–water partition coefficient (Wildman–Crippen LogP) is 2.90. The van der Waals surface area contributed by atoms with E-state index in [1.54, 1.807) is 44.2 Å². The van der Waals surface area contributed by atoms with Crippen LogP contribution >= 0.6 is 0 Å². The first-order valence-electron chi connectivity index (χ1n) is 10.2. The molecule has 2 aromatic rings. The zero-order valence-electron chi connectivity index (χ0n) is 18.1. The van der Waals surface area contributed by atoms with Crippen LogP contribution in [0.3, 0.4) is 0 Å². The molecule has 8 nitrogen and oxygen atoms in total. The molecule has 1 heterocycles. The summed E-state index contributed by atoms with van der Waals surface area (Å²) in [5.41, 5.74) is 2.05. The summed E-state index contributed by atoms with van der Waals surface area (Å²) in [5.74, 6) is -1.68. The molecule has 0 radical (unpaired) electrons. The Morgan fingerprint density at radius 2 is 1.59 bits per heavy atom. The summed E-state index contributed by atoms with van der Waals surface area (Å²) in [6, 6.07) is 12.2. The Morgan fingerprint density at radius 1 is 0.938 bits per heavy atom. The second kappa shape index (κ2) is 9.91. The van der Waals surface area contributed by atoms with Gasteiger partial charge in [0.25, 0.3) is 0 Å². The lowest BCUT2D eigenvalue weighted by Gasteiger charge is -2.26. The van der Waals surface area contributed by atoms with E-state index in [1.165, 1.54) is 6.07 Å². The molecular formula is C24H24N2O6. The lowest BCUT2D eigenvalue weighted by molar-refractivity contribution is -0.139. The molecule has 2 aromatic carbocycles. The zero-order chi connectivity index (χ0) is 23.3. The number of amides is 2. The second-order valence-electron chi connectivity index (χ2n) is 7.25. The predicted molar refractivity (Wildman–Crippen MR) is 116 cm³/mol. The first kappa shape index (κ1) is 22.7. The average molecular weight is 436 g/mol. The van der Waals surface area contributed by atoms with Crippen LogP contribution in [0.2, 0.25) is 0 Å². The van der Waals surface area contributed by atoms with Gasteiger partial charge in [-0.3, -0.25) is 4.79 Å². The number of urea groups is 1. The molecule has 1 atom stereocenters. The number of carbonyl (C=O) groups excluding carboxylic acids is 4. The molecule has 1 aliphatic rings. The maximum absolute atomic E-state index is 12.9. The Morgan fingerprint density at radius 3 is 2.25 bits per heavy atom. The smallest absolute Gasteiger partial charge is 0.339 e. The molecule has 8 heteroatoms. The van der Waals surface area contributed by atoms with Crippen molar-refractivity contribution in [1.29, 1.82) is 0 Å². The fourth-order valence-electron chi connectivity index (χ4n) is 3.33. The van der Waals surface area contributed by atoms with E-state index >= 15 is 0 Å². The largest absolute Gasteiger partial charge is 0.463 e. The van der Waals surface area contributed by atoms with Crippen LogP contribution in [0.4, 0.5) is 4.79 Å². The number of aryl methyl sites for hydroxylation is 1. The van der Waals surface area contributed by atoms with Gasteiger partial charge in [0, 0.05) is 11.1 Å². The summed E-state index contributed by atoms with van der Waals surface area (Å²) < 4.78 is 10.4. The summed E-state index contributed by atoms with van der Waals surface area (Å²) in [4.78, 5) is 49.9. The molecule has 166 valence electrons. The van der Waals surface area contributed by atoms with E-state index in [4.69, 9.17) is 9.47 Å². The summed E-state index contributed by atoms with van der Waals surface area (Å²) >= 11 is 0. The molecule has 0 aromatic heterocycles. The first-order chi connectivity index (χ1) is 15.3. The highest BCUT2D eigenvalue weighted by molar-refractivity contribution is 6.14. The summed E-state index contributed by atoms with van der Waals surface area (Å²) in [5, 5.41) is 5.07. The van der Waals surface area contributed by atoms with E-state index in [2.05, 4.69) is 10.6 Å². The monoisotopic (exact) mass is 436 g/mol. The Bertz CT molecular complexity index is 1090. The fraction of sp³-hybridized carbons (Fsp3) is 0.250. The van der Waals surface area contributed by atoms with Crippen molar-refractivity contribution in [2.75, 3.05) is 13.2 Å². The number of nitrogens with one attached hydrogen (secondary N) is 2. The number of benzene rings is 2. The third-order valence-corrected chi connectivity index (χ3v) is 4.92. The molecule has 0 spiro atoms. The molecule has 0 saturated heterocycles.